The molecule has 0 aliphatic heterocycles. The second kappa shape index (κ2) is 10.1. The van der Waals surface area contributed by atoms with Crippen LogP contribution in [-0.4, -0.2) is 26.4 Å². The molecule has 1 heterocycles. The molecule has 1 aliphatic rings. The van der Waals surface area contributed by atoms with Gasteiger partial charge in [-0.25, -0.2) is 0 Å². The molecule has 2 aromatic carbocycles. The molecule has 4 rings (SSSR count). The van der Waals surface area contributed by atoms with Gasteiger partial charge in [-0.15, -0.1) is 10.2 Å². The molecule has 0 radical (unpaired) electrons. The third-order valence-electron chi connectivity index (χ3n) is 5.98. The van der Waals surface area contributed by atoms with Crippen LogP contribution in [0.15, 0.2) is 53.7 Å². The number of hydrogen-bond donors (Lipinski definition) is 1. The minimum Gasteiger partial charge on any atom is -0.325 e. The highest BCUT2D eigenvalue weighted by molar-refractivity contribution is 7.99. The Morgan fingerprint density at radius 1 is 1.06 bits per heavy atom. The van der Waals surface area contributed by atoms with Gasteiger partial charge in [0.1, 0.15) is 5.82 Å². The number of anilines is 1. The van der Waals surface area contributed by atoms with Gasteiger partial charge in [-0.1, -0.05) is 74.3 Å². The Kier molecular flexibility index (Phi) is 7.07. The Balaban J connectivity index is 1.53. The Morgan fingerprint density at radius 3 is 2.58 bits per heavy atom. The van der Waals surface area contributed by atoms with Crippen molar-refractivity contribution in [2.75, 3.05) is 11.1 Å². The molecule has 1 amide bonds. The van der Waals surface area contributed by atoms with Gasteiger partial charge in [0.05, 0.1) is 5.75 Å². The zero-order valence-electron chi connectivity index (χ0n) is 18.3. The van der Waals surface area contributed by atoms with E-state index in [1.54, 1.807) is 0 Å². The predicted octanol–water partition coefficient (Wildman–Crippen LogP) is 5.92. The van der Waals surface area contributed by atoms with Gasteiger partial charge in [0.25, 0.3) is 0 Å². The van der Waals surface area contributed by atoms with Crippen molar-refractivity contribution in [3.8, 4) is 5.69 Å². The molecule has 162 valence electrons. The number of aromatic nitrogens is 3. The summed E-state index contributed by atoms with van der Waals surface area (Å²) in [6.07, 6.45) is 6.99. The Labute approximate surface area is 188 Å². The first-order valence-corrected chi connectivity index (χ1v) is 12.2. The summed E-state index contributed by atoms with van der Waals surface area (Å²) in [4.78, 5) is 12.8. The molecule has 0 unspecified atom stereocenters. The monoisotopic (exact) mass is 434 g/mol. The predicted molar refractivity (Wildman–Crippen MR) is 127 cm³/mol. The fraction of sp³-hybridized carbons (Fsp3) is 0.400. The van der Waals surface area contributed by atoms with E-state index in [2.05, 4.69) is 45.2 Å². The number of hydrogen-bond acceptors (Lipinski definition) is 4. The van der Waals surface area contributed by atoms with Gasteiger partial charge in [0, 0.05) is 17.3 Å². The van der Waals surface area contributed by atoms with Gasteiger partial charge in [0.15, 0.2) is 5.16 Å². The summed E-state index contributed by atoms with van der Waals surface area (Å²) in [5.41, 5.74) is 4.24. The Bertz CT molecular complexity index is 1030. The van der Waals surface area contributed by atoms with E-state index in [4.69, 9.17) is 0 Å². The number of benzene rings is 2. The minimum absolute atomic E-state index is 0.0178. The molecular formula is C25H30N4OS. The SMILES string of the molecule is CCc1cccc(C)c1NC(=O)CSc1nnc(C2CCCCC2)n1-c1ccccc1. The Hall–Kier alpha value is -2.60. The lowest BCUT2D eigenvalue weighted by Gasteiger charge is -2.22. The van der Waals surface area contributed by atoms with Crippen molar-refractivity contribution in [3.63, 3.8) is 0 Å². The van der Waals surface area contributed by atoms with Gasteiger partial charge in [-0.05, 0) is 49.4 Å². The summed E-state index contributed by atoms with van der Waals surface area (Å²) in [6.45, 7) is 4.14. The van der Waals surface area contributed by atoms with Crippen molar-refractivity contribution in [3.05, 3.63) is 65.5 Å². The highest BCUT2D eigenvalue weighted by Gasteiger charge is 2.24. The van der Waals surface area contributed by atoms with Crippen LogP contribution in [0.5, 0.6) is 0 Å². The summed E-state index contributed by atoms with van der Waals surface area (Å²) in [5, 5.41) is 13.0. The number of aryl methyl sites for hydroxylation is 2. The number of rotatable bonds is 7. The van der Waals surface area contributed by atoms with Gasteiger partial charge in [-0.3, -0.25) is 9.36 Å². The van der Waals surface area contributed by atoms with Crippen molar-refractivity contribution in [2.24, 2.45) is 0 Å². The van der Waals surface area contributed by atoms with Crippen LogP contribution in [0.2, 0.25) is 0 Å². The average molecular weight is 435 g/mol. The van der Waals surface area contributed by atoms with E-state index in [0.29, 0.717) is 11.7 Å². The lowest BCUT2D eigenvalue weighted by molar-refractivity contribution is -0.113. The second-order valence-electron chi connectivity index (χ2n) is 8.15. The first-order valence-electron chi connectivity index (χ1n) is 11.2. The maximum atomic E-state index is 12.8. The molecular weight excluding hydrogens is 404 g/mol. The molecule has 1 aromatic heterocycles. The molecule has 0 bridgehead atoms. The van der Waals surface area contributed by atoms with E-state index < -0.39 is 0 Å². The fourth-order valence-corrected chi connectivity index (χ4v) is 5.09. The number of carbonyl (C=O) groups excluding carboxylic acids is 1. The number of amides is 1. The van der Waals surface area contributed by atoms with E-state index in [-0.39, 0.29) is 5.91 Å². The molecule has 0 saturated heterocycles. The quantitative estimate of drug-likeness (QED) is 0.469. The van der Waals surface area contributed by atoms with E-state index in [9.17, 15) is 4.79 Å². The van der Waals surface area contributed by atoms with Crippen molar-refractivity contribution in [2.45, 2.75) is 63.4 Å². The lowest BCUT2D eigenvalue weighted by atomic mass is 9.88. The Morgan fingerprint density at radius 2 is 1.84 bits per heavy atom. The van der Waals surface area contributed by atoms with Crippen LogP contribution in [0.25, 0.3) is 5.69 Å². The molecule has 0 atom stereocenters. The summed E-state index contributed by atoms with van der Waals surface area (Å²) >= 11 is 1.45. The third kappa shape index (κ3) is 5.01. The van der Waals surface area contributed by atoms with E-state index in [1.807, 2.05) is 37.3 Å². The van der Waals surface area contributed by atoms with Crippen LogP contribution in [0.1, 0.15) is 61.9 Å². The normalized spacial score (nSPS) is 14.5. The van der Waals surface area contributed by atoms with Gasteiger partial charge in [-0.2, -0.15) is 0 Å². The summed E-state index contributed by atoms with van der Waals surface area (Å²) in [6, 6.07) is 16.4. The topological polar surface area (TPSA) is 59.8 Å². The van der Waals surface area contributed by atoms with Crippen LogP contribution >= 0.6 is 11.8 Å². The highest BCUT2D eigenvalue weighted by atomic mass is 32.2. The third-order valence-corrected chi connectivity index (χ3v) is 6.91. The van der Waals surface area contributed by atoms with Crippen LogP contribution in [-0.2, 0) is 11.2 Å². The maximum Gasteiger partial charge on any atom is 0.234 e. The van der Waals surface area contributed by atoms with Gasteiger partial charge < -0.3 is 5.32 Å². The molecule has 31 heavy (non-hydrogen) atoms. The first kappa shape index (κ1) is 21.6. The number of para-hydroxylation sites is 2. The number of nitrogens with zero attached hydrogens (tertiary/aromatic N) is 3. The molecule has 6 heteroatoms. The average Bonchev–Trinajstić information content (AvgIpc) is 3.24. The van der Waals surface area contributed by atoms with Gasteiger partial charge >= 0.3 is 0 Å². The van der Waals surface area contributed by atoms with Crippen LogP contribution < -0.4 is 5.32 Å². The first-order chi connectivity index (χ1) is 15.2. The second-order valence-corrected chi connectivity index (χ2v) is 9.09. The minimum atomic E-state index is -0.0178. The molecule has 1 aliphatic carbocycles. The number of nitrogens with one attached hydrogen (secondary N) is 1. The zero-order chi connectivity index (χ0) is 21.6. The summed E-state index contributed by atoms with van der Waals surface area (Å²) in [7, 11) is 0. The smallest absolute Gasteiger partial charge is 0.234 e. The van der Waals surface area contributed by atoms with Gasteiger partial charge in [0.2, 0.25) is 5.91 Å². The summed E-state index contributed by atoms with van der Waals surface area (Å²) in [5.74, 6) is 1.74. The lowest BCUT2D eigenvalue weighted by Crippen LogP contribution is -2.17. The van der Waals surface area contributed by atoms with Crippen molar-refractivity contribution < 1.29 is 4.79 Å². The fourth-order valence-electron chi connectivity index (χ4n) is 4.33. The van der Waals surface area contributed by atoms with E-state index >= 15 is 0 Å². The molecule has 5 nitrogen and oxygen atoms in total. The molecule has 0 spiro atoms. The standard InChI is InChI=1S/C25H30N4OS/c1-3-19-14-10-11-18(2)23(19)26-22(30)17-31-25-28-27-24(20-12-6-4-7-13-20)29(25)21-15-8-5-9-16-21/h5,8-11,14-16,20H,3-4,6-7,12-13,17H2,1-2H3,(H,26,30). The van der Waals surface area contributed by atoms with Crippen molar-refractivity contribution in [1.82, 2.24) is 14.8 Å². The van der Waals surface area contributed by atoms with E-state index in [0.717, 1.165) is 52.7 Å². The number of thioether (sulfide) groups is 1. The largest absolute Gasteiger partial charge is 0.325 e. The van der Waals surface area contributed by atoms with Crippen LogP contribution in [0.4, 0.5) is 5.69 Å². The number of carbonyl (C=O) groups is 1. The molecule has 1 saturated carbocycles. The zero-order valence-corrected chi connectivity index (χ0v) is 19.1. The molecule has 3 aromatic rings. The maximum absolute atomic E-state index is 12.8. The van der Waals surface area contributed by atoms with Crippen molar-refractivity contribution in [1.29, 1.82) is 0 Å². The molecule has 1 N–H and O–H groups in total. The summed E-state index contributed by atoms with van der Waals surface area (Å²) < 4.78 is 2.15. The molecule has 1 fully saturated rings. The highest BCUT2D eigenvalue weighted by Crippen LogP contribution is 2.35. The van der Waals surface area contributed by atoms with Crippen molar-refractivity contribution >= 4 is 23.4 Å². The van der Waals surface area contributed by atoms with E-state index in [1.165, 1.54) is 31.0 Å². The van der Waals surface area contributed by atoms with Crippen LogP contribution in [0.3, 0.4) is 0 Å². The van der Waals surface area contributed by atoms with Crippen LogP contribution in [0, 0.1) is 6.92 Å².